The maximum absolute atomic E-state index is 13.0. The van der Waals surface area contributed by atoms with Crippen LogP contribution >= 0.6 is 11.3 Å². The molecule has 2 rings (SSSR count). The summed E-state index contributed by atoms with van der Waals surface area (Å²) < 4.78 is 18.5. The lowest BCUT2D eigenvalue weighted by Crippen LogP contribution is -2.02. The number of hydrogen-bond acceptors (Lipinski definition) is 2. The van der Waals surface area contributed by atoms with Crippen LogP contribution in [-0.4, -0.2) is 6.61 Å². The lowest BCUT2D eigenvalue weighted by Gasteiger charge is -2.08. The van der Waals surface area contributed by atoms with Crippen molar-refractivity contribution in [2.45, 2.75) is 13.3 Å². The van der Waals surface area contributed by atoms with Gasteiger partial charge in [-0.25, -0.2) is 4.39 Å². The van der Waals surface area contributed by atoms with Crippen molar-refractivity contribution < 1.29 is 9.13 Å². The number of ether oxygens (including phenoxy) is 1. The van der Waals surface area contributed by atoms with E-state index in [0.29, 0.717) is 12.4 Å². The average molecular weight is 236 g/mol. The molecule has 0 fully saturated rings. The van der Waals surface area contributed by atoms with Crippen molar-refractivity contribution >= 4 is 11.3 Å². The number of thiophene rings is 1. The van der Waals surface area contributed by atoms with E-state index in [1.54, 1.807) is 17.4 Å². The molecule has 16 heavy (non-hydrogen) atoms. The third-order valence-electron chi connectivity index (χ3n) is 2.38. The first kappa shape index (κ1) is 11.1. The third kappa shape index (κ3) is 2.83. The van der Waals surface area contributed by atoms with E-state index >= 15 is 0 Å². The van der Waals surface area contributed by atoms with Gasteiger partial charge in [-0.1, -0.05) is 6.07 Å². The number of benzene rings is 1. The van der Waals surface area contributed by atoms with Crippen LogP contribution in [0, 0.1) is 12.7 Å². The van der Waals surface area contributed by atoms with Crippen LogP contribution in [0.3, 0.4) is 0 Å². The van der Waals surface area contributed by atoms with Crippen LogP contribution < -0.4 is 4.74 Å². The Morgan fingerprint density at radius 2 is 2.19 bits per heavy atom. The van der Waals surface area contributed by atoms with Gasteiger partial charge in [-0.2, -0.15) is 11.3 Å². The van der Waals surface area contributed by atoms with E-state index in [-0.39, 0.29) is 5.82 Å². The zero-order valence-corrected chi connectivity index (χ0v) is 9.89. The highest BCUT2D eigenvalue weighted by Gasteiger charge is 2.01. The molecule has 1 nitrogen and oxygen atoms in total. The summed E-state index contributed by atoms with van der Waals surface area (Å²) in [6, 6.07) is 6.69. The molecule has 0 atom stereocenters. The second kappa shape index (κ2) is 5.12. The molecule has 0 aliphatic carbocycles. The fourth-order valence-corrected chi connectivity index (χ4v) is 2.15. The lowest BCUT2D eigenvalue weighted by molar-refractivity contribution is 0.318. The maximum atomic E-state index is 13.0. The van der Waals surface area contributed by atoms with E-state index in [0.717, 1.165) is 12.0 Å². The molecular weight excluding hydrogens is 223 g/mol. The van der Waals surface area contributed by atoms with E-state index < -0.39 is 0 Å². The molecule has 2 aromatic rings. The molecule has 84 valence electrons. The zero-order chi connectivity index (χ0) is 11.4. The minimum Gasteiger partial charge on any atom is -0.493 e. The third-order valence-corrected chi connectivity index (χ3v) is 3.11. The summed E-state index contributed by atoms with van der Waals surface area (Å²) in [7, 11) is 0. The molecule has 3 heteroatoms. The van der Waals surface area contributed by atoms with Gasteiger partial charge in [0.25, 0.3) is 0 Å². The van der Waals surface area contributed by atoms with Crippen LogP contribution in [-0.2, 0) is 6.42 Å². The molecule has 0 bridgehead atoms. The first-order valence-electron chi connectivity index (χ1n) is 5.16. The summed E-state index contributed by atoms with van der Waals surface area (Å²) in [5.74, 6) is 0.381. The molecule has 0 N–H and O–H groups in total. The maximum Gasteiger partial charge on any atom is 0.126 e. The van der Waals surface area contributed by atoms with Crippen molar-refractivity contribution in [2.75, 3.05) is 6.61 Å². The molecule has 0 saturated heterocycles. The summed E-state index contributed by atoms with van der Waals surface area (Å²) in [6.07, 6.45) is 0.861. The number of hydrogen-bond donors (Lipinski definition) is 0. The normalized spacial score (nSPS) is 10.4. The van der Waals surface area contributed by atoms with Crippen molar-refractivity contribution in [1.82, 2.24) is 0 Å². The Bertz CT molecular complexity index is 451. The molecule has 0 radical (unpaired) electrons. The lowest BCUT2D eigenvalue weighted by atomic mass is 10.2. The smallest absolute Gasteiger partial charge is 0.126 e. The van der Waals surface area contributed by atoms with E-state index in [2.05, 4.69) is 11.4 Å². The minimum absolute atomic E-state index is 0.254. The topological polar surface area (TPSA) is 9.23 Å². The highest BCUT2D eigenvalue weighted by Crippen LogP contribution is 2.19. The summed E-state index contributed by atoms with van der Waals surface area (Å²) in [5.41, 5.74) is 2.23. The second-order valence-electron chi connectivity index (χ2n) is 3.64. The summed E-state index contributed by atoms with van der Waals surface area (Å²) in [5, 5.41) is 4.14. The van der Waals surface area contributed by atoms with Gasteiger partial charge in [0.2, 0.25) is 0 Å². The van der Waals surface area contributed by atoms with Crippen molar-refractivity contribution in [1.29, 1.82) is 0 Å². The van der Waals surface area contributed by atoms with Crippen LogP contribution in [0.5, 0.6) is 5.75 Å². The Labute approximate surface area is 98.5 Å². The zero-order valence-electron chi connectivity index (χ0n) is 9.07. The van der Waals surface area contributed by atoms with Crippen molar-refractivity contribution in [3.63, 3.8) is 0 Å². The van der Waals surface area contributed by atoms with Crippen LogP contribution in [0.25, 0.3) is 0 Å². The SMILES string of the molecule is Cc1ccc(F)cc1OCCc1ccsc1. The summed E-state index contributed by atoms with van der Waals surface area (Å²) >= 11 is 1.68. The molecule has 0 amide bonds. The Hall–Kier alpha value is -1.35. The van der Waals surface area contributed by atoms with Crippen LogP contribution in [0.1, 0.15) is 11.1 Å². The van der Waals surface area contributed by atoms with Gasteiger partial charge in [0.05, 0.1) is 6.61 Å². The van der Waals surface area contributed by atoms with Gasteiger partial charge in [0, 0.05) is 12.5 Å². The van der Waals surface area contributed by atoms with Crippen LogP contribution in [0.2, 0.25) is 0 Å². The van der Waals surface area contributed by atoms with E-state index in [1.165, 1.54) is 17.7 Å². The van der Waals surface area contributed by atoms with E-state index in [9.17, 15) is 4.39 Å². The average Bonchev–Trinajstić information content (AvgIpc) is 2.76. The largest absolute Gasteiger partial charge is 0.493 e. The molecule has 0 saturated carbocycles. The van der Waals surface area contributed by atoms with Crippen LogP contribution in [0.4, 0.5) is 4.39 Å². The Morgan fingerprint density at radius 3 is 2.94 bits per heavy atom. The van der Waals surface area contributed by atoms with E-state index in [1.807, 2.05) is 12.3 Å². The monoisotopic (exact) mass is 236 g/mol. The first-order valence-corrected chi connectivity index (χ1v) is 6.10. The molecule has 1 heterocycles. The fraction of sp³-hybridized carbons (Fsp3) is 0.231. The van der Waals surface area contributed by atoms with Gasteiger partial charge < -0.3 is 4.74 Å². The number of halogens is 1. The van der Waals surface area contributed by atoms with Gasteiger partial charge in [0.1, 0.15) is 11.6 Å². The second-order valence-corrected chi connectivity index (χ2v) is 4.42. The predicted molar refractivity (Wildman–Crippen MR) is 64.7 cm³/mol. The van der Waals surface area contributed by atoms with Crippen LogP contribution in [0.15, 0.2) is 35.0 Å². The Balaban J connectivity index is 1.92. The number of aryl methyl sites for hydroxylation is 1. The summed E-state index contributed by atoms with van der Waals surface area (Å²) in [4.78, 5) is 0. The molecule has 0 unspecified atom stereocenters. The fourth-order valence-electron chi connectivity index (χ4n) is 1.44. The van der Waals surface area contributed by atoms with Gasteiger partial charge in [-0.05, 0) is 40.9 Å². The van der Waals surface area contributed by atoms with Crippen molar-refractivity contribution in [3.8, 4) is 5.75 Å². The minimum atomic E-state index is -0.254. The quantitative estimate of drug-likeness (QED) is 0.784. The van der Waals surface area contributed by atoms with Gasteiger partial charge in [-0.3, -0.25) is 0 Å². The predicted octanol–water partition coefficient (Wildman–Crippen LogP) is 3.82. The molecule has 1 aromatic heterocycles. The Morgan fingerprint density at radius 1 is 1.31 bits per heavy atom. The summed E-state index contributed by atoms with van der Waals surface area (Å²) in [6.45, 7) is 2.50. The molecule has 0 spiro atoms. The van der Waals surface area contributed by atoms with Gasteiger partial charge in [0.15, 0.2) is 0 Å². The van der Waals surface area contributed by atoms with E-state index in [4.69, 9.17) is 4.74 Å². The molecule has 0 aliphatic heterocycles. The molecule has 1 aromatic carbocycles. The highest BCUT2D eigenvalue weighted by atomic mass is 32.1. The number of rotatable bonds is 4. The molecule has 0 aliphatic rings. The molecular formula is C13H13FOS. The van der Waals surface area contributed by atoms with Crippen molar-refractivity contribution in [3.05, 3.63) is 52.0 Å². The van der Waals surface area contributed by atoms with Crippen molar-refractivity contribution in [2.24, 2.45) is 0 Å². The van der Waals surface area contributed by atoms with Gasteiger partial charge >= 0.3 is 0 Å². The first-order chi connectivity index (χ1) is 7.75. The standard InChI is InChI=1S/C13H13FOS/c1-10-2-3-12(14)8-13(10)15-6-4-11-5-7-16-9-11/h2-3,5,7-9H,4,6H2,1H3. The highest BCUT2D eigenvalue weighted by molar-refractivity contribution is 7.07. The van der Waals surface area contributed by atoms with Gasteiger partial charge in [-0.15, -0.1) is 0 Å². The Kier molecular flexibility index (Phi) is 3.57.